The minimum absolute atomic E-state index is 0.230. The predicted octanol–water partition coefficient (Wildman–Crippen LogP) is 3.74. The van der Waals surface area contributed by atoms with Crippen LogP contribution in [0.2, 0.25) is 0 Å². The maximum absolute atomic E-state index is 5.49. The fraction of sp³-hybridized carbons (Fsp3) is 0.467. The van der Waals surface area contributed by atoms with Crippen molar-refractivity contribution in [2.24, 2.45) is 5.73 Å². The van der Waals surface area contributed by atoms with Gasteiger partial charge in [0.2, 0.25) is 0 Å². The zero-order valence-corrected chi connectivity index (χ0v) is 10.9. The first-order valence-electron chi connectivity index (χ1n) is 5.93. The van der Waals surface area contributed by atoms with Crippen molar-refractivity contribution in [2.45, 2.75) is 39.5 Å². The van der Waals surface area contributed by atoms with Gasteiger partial charge in [0, 0.05) is 0 Å². The molecule has 0 bridgehead atoms. The first kappa shape index (κ1) is 13.0. The van der Waals surface area contributed by atoms with Crippen LogP contribution in [0, 0.1) is 0 Å². The summed E-state index contributed by atoms with van der Waals surface area (Å²) in [4.78, 5) is 0. The molecule has 2 N–H and O–H groups in total. The second-order valence-corrected chi connectivity index (χ2v) is 5.29. The van der Waals surface area contributed by atoms with Gasteiger partial charge in [0.05, 0.1) is 0 Å². The van der Waals surface area contributed by atoms with Crippen molar-refractivity contribution in [2.75, 3.05) is 6.54 Å². The van der Waals surface area contributed by atoms with E-state index in [2.05, 4.69) is 58.0 Å². The topological polar surface area (TPSA) is 26.0 Å². The van der Waals surface area contributed by atoms with Crippen LogP contribution in [0.5, 0.6) is 0 Å². The minimum Gasteiger partial charge on any atom is -0.330 e. The second kappa shape index (κ2) is 5.31. The summed E-state index contributed by atoms with van der Waals surface area (Å²) < 4.78 is 0. The molecule has 0 aliphatic heterocycles. The summed E-state index contributed by atoms with van der Waals surface area (Å²) in [6.45, 7) is 9.57. The molecule has 1 aromatic carbocycles. The Bertz CT molecular complexity index is 352. The highest BCUT2D eigenvalue weighted by Crippen LogP contribution is 2.24. The van der Waals surface area contributed by atoms with E-state index in [1.807, 2.05) is 0 Å². The lowest BCUT2D eigenvalue weighted by Gasteiger charge is -2.19. The van der Waals surface area contributed by atoms with Crippen LogP contribution in [0.15, 0.2) is 30.3 Å². The van der Waals surface area contributed by atoms with Crippen molar-refractivity contribution in [3.8, 4) is 0 Å². The zero-order chi connectivity index (χ0) is 12.2. The Morgan fingerprint density at radius 2 is 1.75 bits per heavy atom. The van der Waals surface area contributed by atoms with E-state index in [1.54, 1.807) is 0 Å². The number of benzene rings is 1. The summed E-state index contributed by atoms with van der Waals surface area (Å²) in [7, 11) is 0. The molecule has 1 rings (SSSR count). The molecule has 0 saturated heterocycles. The Morgan fingerprint density at radius 1 is 1.19 bits per heavy atom. The Balaban J connectivity index is 2.87. The molecular formula is C15H23N. The third kappa shape index (κ3) is 3.49. The fourth-order valence-corrected chi connectivity index (χ4v) is 1.65. The molecule has 88 valence electrons. The van der Waals surface area contributed by atoms with Crippen molar-refractivity contribution < 1.29 is 0 Å². The van der Waals surface area contributed by atoms with Gasteiger partial charge in [0.25, 0.3) is 0 Å². The molecule has 1 heteroatoms. The molecule has 0 unspecified atom stereocenters. The quantitative estimate of drug-likeness (QED) is 0.820. The fourth-order valence-electron chi connectivity index (χ4n) is 1.65. The van der Waals surface area contributed by atoms with E-state index in [0.717, 1.165) is 13.0 Å². The molecule has 0 fully saturated rings. The van der Waals surface area contributed by atoms with Gasteiger partial charge < -0.3 is 5.73 Å². The lowest BCUT2D eigenvalue weighted by Crippen LogP contribution is -2.10. The van der Waals surface area contributed by atoms with Gasteiger partial charge in [-0.05, 0) is 42.0 Å². The smallest absolute Gasteiger partial charge is 0.00424 e. The Morgan fingerprint density at radius 3 is 2.19 bits per heavy atom. The highest BCUT2D eigenvalue weighted by atomic mass is 14.5. The first-order chi connectivity index (χ1) is 7.45. The summed E-state index contributed by atoms with van der Waals surface area (Å²) >= 11 is 0. The van der Waals surface area contributed by atoms with E-state index >= 15 is 0 Å². The Kier molecular flexibility index (Phi) is 4.31. The van der Waals surface area contributed by atoms with Crippen LogP contribution in [0.4, 0.5) is 0 Å². The lowest BCUT2D eigenvalue weighted by molar-refractivity contribution is 0.590. The van der Waals surface area contributed by atoms with Crippen molar-refractivity contribution in [1.29, 1.82) is 0 Å². The van der Waals surface area contributed by atoms with E-state index in [-0.39, 0.29) is 5.41 Å². The standard InChI is InChI=1S/C15H23N/c1-12(6-5-11-16)13-7-9-14(10-8-13)15(2,3)4/h6-10H,5,11,16H2,1-4H3/b12-6+. The minimum atomic E-state index is 0.230. The van der Waals surface area contributed by atoms with E-state index < -0.39 is 0 Å². The molecule has 0 atom stereocenters. The van der Waals surface area contributed by atoms with Crippen LogP contribution in [0.3, 0.4) is 0 Å². The van der Waals surface area contributed by atoms with Crippen LogP contribution in [0.25, 0.3) is 5.57 Å². The van der Waals surface area contributed by atoms with Gasteiger partial charge in [0.1, 0.15) is 0 Å². The largest absolute Gasteiger partial charge is 0.330 e. The van der Waals surface area contributed by atoms with E-state index in [1.165, 1.54) is 16.7 Å². The van der Waals surface area contributed by atoms with Crippen LogP contribution < -0.4 is 5.73 Å². The van der Waals surface area contributed by atoms with Gasteiger partial charge in [0.15, 0.2) is 0 Å². The lowest BCUT2D eigenvalue weighted by atomic mass is 9.86. The highest BCUT2D eigenvalue weighted by molar-refractivity contribution is 5.63. The first-order valence-corrected chi connectivity index (χ1v) is 5.93. The SMILES string of the molecule is C/C(=C\CCN)c1ccc(C(C)(C)C)cc1. The summed E-state index contributed by atoms with van der Waals surface area (Å²) in [6, 6.07) is 8.83. The van der Waals surface area contributed by atoms with Gasteiger partial charge in [-0.2, -0.15) is 0 Å². The number of hydrogen-bond donors (Lipinski definition) is 1. The number of hydrogen-bond acceptors (Lipinski definition) is 1. The molecule has 0 aliphatic carbocycles. The average Bonchev–Trinajstić information content (AvgIpc) is 2.25. The third-order valence-electron chi connectivity index (χ3n) is 2.82. The highest BCUT2D eigenvalue weighted by Gasteiger charge is 2.12. The summed E-state index contributed by atoms with van der Waals surface area (Å²) in [5.74, 6) is 0. The molecule has 0 amide bonds. The van der Waals surface area contributed by atoms with Crippen molar-refractivity contribution in [3.05, 3.63) is 41.5 Å². The van der Waals surface area contributed by atoms with Gasteiger partial charge in [-0.15, -0.1) is 0 Å². The predicted molar refractivity (Wildman–Crippen MR) is 72.5 cm³/mol. The Labute approximate surface area is 99.4 Å². The molecular weight excluding hydrogens is 194 g/mol. The van der Waals surface area contributed by atoms with Gasteiger partial charge in [-0.3, -0.25) is 0 Å². The molecule has 0 aromatic heterocycles. The van der Waals surface area contributed by atoms with Crippen LogP contribution >= 0.6 is 0 Å². The molecule has 0 aliphatic rings. The Hall–Kier alpha value is -1.08. The van der Waals surface area contributed by atoms with Gasteiger partial charge in [-0.25, -0.2) is 0 Å². The summed E-state index contributed by atoms with van der Waals surface area (Å²) in [5, 5.41) is 0. The summed E-state index contributed by atoms with van der Waals surface area (Å²) in [6.07, 6.45) is 3.15. The number of rotatable bonds is 3. The van der Waals surface area contributed by atoms with Crippen LogP contribution in [-0.4, -0.2) is 6.54 Å². The second-order valence-electron chi connectivity index (χ2n) is 5.29. The molecule has 16 heavy (non-hydrogen) atoms. The molecule has 0 radical (unpaired) electrons. The normalized spacial score (nSPS) is 12.9. The third-order valence-corrected chi connectivity index (χ3v) is 2.82. The maximum Gasteiger partial charge on any atom is -0.00424 e. The average molecular weight is 217 g/mol. The van der Waals surface area contributed by atoms with E-state index in [9.17, 15) is 0 Å². The van der Waals surface area contributed by atoms with Gasteiger partial charge in [-0.1, -0.05) is 51.1 Å². The van der Waals surface area contributed by atoms with Crippen molar-refractivity contribution >= 4 is 5.57 Å². The molecule has 0 saturated carbocycles. The monoisotopic (exact) mass is 217 g/mol. The van der Waals surface area contributed by atoms with Crippen LogP contribution in [-0.2, 0) is 5.41 Å². The molecule has 1 aromatic rings. The number of nitrogens with two attached hydrogens (primary N) is 1. The van der Waals surface area contributed by atoms with E-state index in [0.29, 0.717) is 0 Å². The van der Waals surface area contributed by atoms with Crippen LogP contribution in [0.1, 0.15) is 45.2 Å². The summed E-state index contributed by atoms with van der Waals surface area (Å²) in [5.41, 5.74) is 9.70. The van der Waals surface area contributed by atoms with Gasteiger partial charge >= 0.3 is 0 Å². The van der Waals surface area contributed by atoms with Crippen molar-refractivity contribution in [3.63, 3.8) is 0 Å². The molecule has 0 heterocycles. The molecule has 0 spiro atoms. The molecule has 1 nitrogen and oxygen atoms in total. The van der Waals surface area contributed by atoms with Crippen molar-refractivity contribution in [1.82, 2.24) is 0 Å². The maximum atomic E-state index is 5.49. The number of allylic oxidation sites excluding steroid dienone is 1. The zero-order valence-electron chi connectivity index (χ0n) is 10.9. The van der Waals surface area contributed by atoms with E-state index in [4.69, 9.17) is 5.73 Å².